The van der Waals surface area contributed by atoms with Crippen molar-refractivity contribution in [3.05, 3.63) is 12.2 Å². The monoisotopic (exact) mass is 183 g/mol. The van der Waals surface area contributed by atoms with Crippen molar-refractivity contribution in [1.29, 1.82) is 0 Å². The quantitative estimate of drug-likeness (QED) is 0.673. The summed E-state index contributed by atoms with van der Waals surface area (Å²) < 4.78 is 0. The van der Waals surface area contributed by atoms with Gasteiger partial charge in [0.05, 0.1) is 6.10 Å². The van der Waals surface area contributed by atoms with Crippen LogP contribution in [0.25, 0.3) is 0 Å². The topological polar surface area (TPSA) is 23.5 Å². The third kappa shape index (κ3) is 4.44. The molecule has 0 radical (unpaired) electrons. The molecule has 0 aromatic heterocycles. The molecule has 2 nitrogen and oxygen atoms in total. The Bertz CT molecular complexity index is 173. The molecule has 0 aliphatic carbocycles. The summed E-state index contributed by atoms with van der Waals surface area (Å²) in [6.07, 6.45) is 5.01. The van der Waals surface area contributed by atoms with Crippen molar-refractivity contribution in [3.8, 4) is 0 Å². The SMILES string of the molecule is CC(C)(C)CC(O)CN1CC=CC1. The van der Waals surface area contributed by atoms with Gasteiger partial charge >= 0.3 is 0 Å². The van der Waals surface area contributed by atoms with Crippen LogP contribution in [0.3, 0.4) is 0 Å². The van der Waals surface area contributed by atoms with Crippen molar-refractivity contribution in [3.63, 3.8) is 0 Å². The van der Waals surface area contributed by atoms with Crippen molar-refractivity contribution in [2.45, 2.75) is 33.3 Å². The third-order valence-electron chi connectivity index (χ3n) is 2.21. The van der Waals surface area contributed by atoms with E-state index in [0.29, 0.717) is 0 Å². The molecule has 1 atom stereocenters. The lowest BCUT2D eigenvalue weighted by molar-refractivity contribution is 0.0872. The zero-order chi connectivity index (χ0) is 9.90. The Morgan fingerprint density at radius 3 is 2.31 bits per heavy atom. The Balaban J connectivity index is 2.21. The highest BCUT2D eigenvalue weighted by Crippen LogP contribution is 2.21. The number of hydrogen-bond donors (Lipinski definition) is 1. The van der Waals surface area contributed by atoms with E-state index < -0.39 is 0 Å². The van der Waals surface area contributed by atoms with Crippen LogP contribution in [0, 0.1) is 5.41 Å². The summed E-state index contributed by atoms with van der Waals surface area (Å²) in [5.41, 5.74) is 0.229. The fourth-order valence-electron chi connectivity index (χ4n) is 1.74. The molecular formula is C11H21NO. The lowest BCUT2D eigenvalue weighted by Crippen LogP contribution is -2.32. The standard InChI is InChI=1S/C11H21NO/c1-11(2,3)8-10(13)9-12-6-4-5-7-12/h4-5,10,13H,6-9H2,1-3H3. The van der Waals surface area contributed by atoms with Crippen LogP contribution in [0.15, 0.2) is 12.2 Å². The molecule has 0 aromatic carbocycles. The zero-order valence-electron chi connectivity index (χ0n) is 8.95. The number of β-amino-alcohol motifs (C(OH)–C–C–N with tert-alkyl or cyclic N) is 1. The predicted molar refractivity (Wildman–Crippen MR) is 55.7 cm³/mol. The molecule has 13 heavy (non-hydrogen) atoms. The van der Waals surface area contributed by atoms with Gasteiger partial charge in [0.1, 0.15) is 0 Å². The maximum atomic E-state index is 9.78. The zero-order valence-corrected chi connectivity index (χ0v) is 8.95. The van der Waals surface area contributed by atoms with Gasteiger partial charge in [0, 0.05) is 19.6 Å². The fourth-order valence-corrected chi connectivity index (χ4v) is 1.74. The summed E-state index contributed by atoms with van der Waals surface area (Å²) in [5.74, 6) is 0. The first-order valence-corrected chi connectivity index (χ1v) is 5.03. The van der Waals surface area contributed by atoms with Crippen molar-refractivity contribution in [2.75, 3.05) is 19.6 Å². The molecule has 0 saturated carbocycles. The van der Waals surface area contributed by atoms with Gasteiger partial charge in [-0.2, -0.15) is 0 Å². The van der Waals surface area contributed by atoms with Gasteiger partial charge in [0.2, 0.25) is 0 Å². The smallest absolute Gasteiger partial charge is 0.0672 e. The number of nitrogens with zero attached hydrogens (tertiary/aromatic N) is 1. The highest BCUT2D eigenvalue weighted by molar-refractivity contribution is 4.95. The molecule has 1 unspecified atom stereocenters. The van der Waals surface area contributed by atoms with Crippen LogP contribution in [0.1, 0.15) is 27.2 Å². The van der Waals surface area contributed by atoms with Gasteiger partial charge in [-0.05, 0) is 11.8 Å². The summed E-state index contributed by atoms with van der Waals surface area (Å²) in [4.78, 5) is 2.26. The number of aliphatic hydroxyl groups is 1. The van der Waals surface area contributed by atoms with Crippen LogP contribution in [0.4, 0.5) is 0 Å². The Morgan fingerprint density at radius 1 is 1.31 bits per heavy atom. The van der Waals surface area contributed by atoms with E-state index in [1.807, 2.05) is 0 Å². The van der Waals surface area contributed by atoms with Gasteiger partial charge in [0.15, 0.2) is 0 Å². The molecule has 1 N–H and O–H groups in total. The van der Waals surface area contributed by atoms with Crippen molar-refractivity contribution < 1.29 is 5.11 Å². The minimum atomic E-state index is -0.181. The Morgan fingerprint density at radius 2 is 1.85 bits per heavy atom. The van der Waals surface area contributed by atoms with Gasteiger partial charge < -0.3 is 5.11 Å². The molecule has 0 saturated heterocycles. The van der Waals surface area contributed by atoms with E-state index in [4.69, 9.17) is 0 Å². The third-order valence-corrected chi connectivity index (χ3v) is 2.21. The molecule has 0 amide bonds. The van der Waals surface area contributed by atoms with Gasteiger partial charge in [-0.25, -0.2) is 0 Å². The van der Waals surface area contributed by atoms with E-state index in [0.717, 1.165) is 26.1 Å². The van der Waals surface area contributed by atoms with Gasteiger partial charge in [-0.3, -0.25) is 4.90 Å². The minimum absolute atomic E-state index is 0.181. The summed E-state index contributed by atoms with van der Waals surface area (Å²) in [6.45, 7) is 9.31. The Kier molecular flexibility index (Phi) is 3.51. The second kappa shape index (κ2) is 4.25. The largest absolute Gasteiger partial charge is 0.392 e. The number of hydrogen-bond acceptors (Lipinski definition) is 2. The predicted octanol–water partition coefficient (Wildman–Crippen LogP) is 1.66. The van der Waals surface area contributed by atoms with E-state index in [1.165, 1.54) is 0 Å². The van der Waals surface area contributed by atoms with E-state index in [9.17, 15) is 5.11 Å². The molecular weight excluding hydrogens is 162 g/mol. The molecule has 1 aliphatic heterocycles. The summed E-state index contributed by atoms with van der Waals surface area (Å²) in [6, 6.07) is 0. The van der Waals surface area contributed by atoms with Gasteiger partial charge in [-0.15, -0.1) is 0 Å². The van der Waals surface area contributed by atoms with Gasteiger partial charge in [0.25, 0.3) is 0 Å². The average molecular weight is 183 g/mol. The normalized spacial score (nSPS) is 20.9. The van der Waals surface area contributed by atoms with E-state index in [2.05, 4.69) is 37.8 Å². The second-order valence-corrected chi connectivity index (χ2v) is 5.11. The fraction of sp³-hybridized carbons (Fsp3) is 0.818. The molecule has 1 rings (SSSR count). The summed E-state index contributed by atoms with van der Waals surface area (Å²) in [5, 5.41) is 9.78. The van der Waals surface area contributed by atoms with Crippen molar-refractivity contribution >= 4 is 0 Å². The summed E-state index contributed by atoms with van der Waals surface area (Å²) >= 11 is 0. The van der Waals surface area contributed by atoms with Crippen molar-refractivity contribution in [2.24, 2.45) is 5.41 Å². The highest BCUT2D eigenvalue weighted by atomic mass is 16.3. The van der Waals surface area contributed by atoms with Crippen LogP contribution >= 0.6 is 0 Å². The lowest BCUT2D eigenvalue weighted by atomic mass is 9.89. The molecule has 76 valence electrons. The first kappa shape index (κ1) is 10.7. The molecule has 1 heterocycles. The van der Waals surface area contributed by atoms with E-state index in [1.54, 1.807) is 0 Å². The average Bonchev–Trinajstić information content (AvgIpc) is 2.34. The number of rotatable bonds is 3. The Hall–Kier alpha value is -0.340. The van der Waals surface area contributed by atoms with Crippen LogP contribution in [0.5, 0.6) is 0 Å². The first-order chi connectivity index (χ1) is 5.97. The van der Waals surface area contributed by atoms with Crippen LogP contribution < -0.4 is 0 Å². The summed E-state index contributed by atoms with van der Waals surface area (Å²) in [7, 11) is 0. The highest BCUT2D eigenvalue weighted by Gasteiger charge is 2.19. The maximum absolute atomic E-state index is 9.78. The van der Waals surface area contributed by atoms with E-state index >= 15 is 0 Å². The van der Waals surface area contributed by atoms with Crippen molar-refractivity contribution in [1.82, 2.24) is 4.90 Å². The first-order valence-electron chi connectivity index (χ1n) is 5.03. The molecule has 0 bridgehead atoms. The lowest BCUT2D eigenvalue weighted by Gasteiger charge is -2.25. The molecule has 0 spiro atoms. The van der Waals surface area contributed by atoms with E-state index in [-0.39, 0.29) is 11.5 Å². The Labute approximate surface area is 81.2 Å². The number of aliphatic hydroxyl groups excluding tert-OH is 1. The molecule has 1 aliphatic rings. The van der Waals surface area contributed by atoms with Crippen LogP contribution in [-0.4, -0.2) is 35.7 Å². The minimum Gasteiger partial charge on any atom is -0.392 e. The van der Waals surface area contributed by atoms with Crippen LogP contribution in [-0.2, 0) is 0 Å². The second-order valence-electron chi connectivity index (χ2n) is 5.11. The van der Waals surface area contributed by atoms with Crippen LogP contribution in [0.2, 0.25) is 0 Å². The maximum Gasteiger partial charge on any atom is 0.0672 e. The van der Waals surface area contributed by atoms with Gasteiger partial charge in [-0.1, -0.05) is 32.9 Å². The molecule has 0 aromatic rings. The molecule has 0 fully saturated rings. The molecule has 2 heteroatoms.